The zero-order valence-electron chi connectivity index (χ0n) is 9.23. The van der Waals surface area contributed by atoms with Gasteiger partial charge in [0.15, 0.2) is 0 Å². The summed E-state index contributed by atoms with van der Waals surface area (Å²) in [5.41, 5.74) is 7.83. The molecule has 1 aliphatic heterocycles. The molecule has 0 amide bonds. The Kier molecular flexibility index (Phi) is 2.98. The topological polar surface area (TPSA) is 61.0 Å². The van der Waals surface area contributed by atoms with Crippen molar-refractivity contribution in [2.45, 2.75) is 32.2 Å². The molecule has 0 saturated carbocycles. The maximum absolute atomic E-state index is 5.81. The van der Waals surface area contributed by atoms with Gasteiger partial charge in [-0.25, -0.2) is 9.97 Å². The van der Waals surface area contributed by atoms with Crippen molar-refractivity contribution in [1.29, 1.82) is 0 Å². The Bertz CT molecular complexity index is 346. The minimum atomic E-state index is -0.00104. The van der Waals surface area contributed by atoms with E-state index in [4.69, 9.17) is 10.5 Å². The van der Waals surface area contributed by atoms with Crippen molar-refractivity contribution >= 4 is 0 Å². The van der Waals surface area contributed by atoms with Gasteiger partial charge in [-0.2, -0.15) is 0 Å². The van der Waals surface area contributed by atoms with Crippen LogP contribution in [0.4, 0.5) is 0 Å². The highest BCUT2D eigenvalue weighted by Gasteiger charge is 2.21. The zero-order valence-corrected chi connectivity index (χ0v) is 9.23. The first-order valence-electron chi connectivity index (χ1n) is 5.35. The first-order valence-corrected chi connectivity index (χ1v) is 5.35. The van der Waals surface area contributed by atoms with Gasteiger partial charge in [0.2, 0.25) is 0 Å². The van der Waals surface area contributed by atoms with Crippen LogP contribution in [0.25, 0.3) is 0 Å². The van der Waals surface area contributed by atoms with Gasteiger partial charge in [0.05, 0.1) is 6.61 Å². The van der Waals surface area contributed by atoms with Gasteiger partial charge in [0.25, 0.3) is 0 Å². The van der Waals surface area contributed by atoms with Crippen LogP contribution in [0.2, 0.25) is 0 Å². The fourth-order valence-electron chi connectivity index (χ4n) is 1.88. The number of aryl methyl sites for hydroxylation is 1. The third-order valence-electron chi connectivity index (χ3n) is 2.82. The Morgan fingerprint density at radius 1 is 1.60 bits per heavy atom. The van der Waals surface area contributed by atoms with Crippen LogP contribution in [0.5, 0.6) is 0 Å². The maximum Gasteiger partial charge on any atom is 0.134 e. The number of hydrogen-bond acceptors (Lipinski definition) is 4. The van der Waals surface area contributed by atoms with Crippen molar-refractivity contribution in [2.75, 3.05) is 13.2 Å². The highest BCUT2D eigenvalue weighted by Crippen LogP contribution is 2.23. The highest BCUT2D eigenvalue weighted by atomic mass is 16.5. The number of ether oxygens (including phenoxy) is 1. The second-order valence-electron chi connectivity index (χ2n) is 4.12. The Labute approximate surface area is 89.9 Å². The molecule has 2 heterocycles. The molecule has 0 aliphatic carbocycles. The Hall–Kier alpha value is -1.00. The van der Waals surface area contributed by atoms with Crippen LogP contribution < -0.4 is 5.73 Å². The quantitative estimate of drug-likeness (QED) is 0.794. The van der Waals surface area contributed by atoms with Crippen LogP contribution in [-0.2, 0) is 4.74 Å². The van der Waals surface area contributed by atoms with Gasteiger partial charge < -0.3 is 10.5 Å². The molecule has 1 fully saturated rings. The van der Waals surface area contributed by atoms with Gasteiger partial charge in [-0.05, 0) is 20.3 Å². The van der Waals surface area contributed by atoms with Gasteiger partial charge >= 0.3 is 0 Å². The van der Waals surface area contributed by atoms with Crippen molar-refractivity contribution in [3.63, 3.8) is 0 Å². The summed E-state index contributed by atoms with van der Waals surface area (Å²) < 4.78 is 5.32. The summed E-state index contributed by atoms with van der Waals surface area (Å²) in [7, 11) is 0. The van der Waals surface area contributed by atoms with E-state index in [1.165, 1.54) is 0 Å². The summed E-state index contributed by atoms with van der Waals surface area (Å²) in [5, 5.41) is 0. The molecule has 0 spiro atoms. The smallest absolute Gasteiger partial charge is 0.134 e. The largest absolute Gasteiger partial charge is 0.381 e. The van der Waals surface area contributed by atoms with Crippen LogP contribution in [0.1, 0.15) is 42.4 Å². The number of nitrogens with zero attached hydrogens (tertiary/aromatic N) is 2. The summed E-state index contributed by atoms with van der Waals surface area (Å²) >= 11 is 0. The molecule has 0 bridgehead atoms. The molecular formula is C11H17N3O. The first kappa shape index (κ1) is 10.5. The average Bonchev–Trinajstić information content (AvgIpc) is 2.69. The van der Waals surface area contributed by atoms with E-state index in [2.05, 4.69) is 9.97 Å². The zero-order chi connectivity index (χ0) is 10.8. The maximum atomic E-state index is 5.81. The van der Waals surface area contributed by atoms with Gasteiger partial charge in [0, 0.05) is 36.0 Å². The van der Waals surface area contributed by atoms with Crippen molar-refractivity contribution < 1.29 is 4.74 Å². The van der Waals surface area contributed by atoms with E-state index >= 15 is 0 Å². The monoisotopic (exact) mass is 207 g/mol. The molecule has 0 radical (unpaired) electrons. The molecule has 82 valence electrons. The third-order valence-corrected chi connectivity index (χ3v) is 2.82. The lowest BCUT2D eigenvalue weighted by Crippen LogP contribution is -2.12. The van der Waals surface area contributed by atoms with Gasteiger partial charge in [-0.15, -0.1) is 0 Å². The lowest BCUT2D eigenvalue weighted by molar-refractivity contribution is 0.193. The minimum Gasteiger partial charge on any atom is -0.381 e. The molecule has 1 aromatic rings. The summed E-state index contributed by atoms with van der Waals surface area (Å²) in [6.07, 6.45) is 2.87. The van der Waals surface area contributed by atoms with Gasteiger partial charge in [0.1, 0.15) is 5.82 Å². The highest BCUT2D eigenvalue weighted by molar-refractivity contribution is 5.20. The van der Waals surface area contributed by atoms with Crippen LogP contribution >= 0.6 is 0 Å². The fourth-order valence-corrected chi connectivity index (χ4v) is 1.88. The van der Waals surface area contributed by atoms with E-state index in [0.29, 0.717) is 5.92 Å². The molecule has 2 unspecified atom stereocenters. The van der Waals surface area contributed by atoms with Gasteiger partial charge in [-0.3, -0.25) is 0 Å². The van der Waals surface area contributed by atoms with E-state index in [9.17, 15) is 0 Å². The molecule has 2 atom stereocenters. The van der Waals surface area contributed by atoms with E-state index < -0.39 is 0 Å². The summed E-state index contributed by atoms with van der Waals surface area (Å²) in [4.78, 5) is 8.88. The fraction of sp³-hybridized carbons (Fsp3) is 0.636. The molecule has 1 saturated heterocycles. The summed E-state index contributed by atoms with van der Waals surface area (Å²) in [6.45, 7) is 5.50. The van der Waals surface area contributed by atoms with Crippen LogP contribution in [0, 0.1) is 6.92 Å². The number of rotatable bonds is 2. The molecular weight excluding hydrogens is 190 g/mol. The third kappa shape index (κ3) is 2.16. The van der Waals surface area contributed by atoms with E-state index in [-0.39, 0.29) is 6.04 Å². The van der Waals surface area contributed by atoms with Crippen LogP contribution in [0.3, 0.4) is 0 Å². The Morgan fingerprint density at radius 3 is 2.93 bits per heavy atom. The summed E-state index contributed by atoms with van der Waals surface area (Å²) in [6, 6.07) is -0.00104. The Balaban J connectivity index is 2.24. The molecule has 1 aromatic heterocycles. The molecule has 4 heteroatoms. The first-order chi connectivity index (χ1) is 7.18. The second kappa shape index (κ2) is 4.24. The van der Waals surface area contributed by atoms with Crippen LogP contribution in [0.15, 0.2) is 6.20 Å². The van der Waals surface area contributed by atoms with Crippen molar-refractivity contribution in [3.8, 4) is 0 Å². The number of nitrogens with two attached hydrogens (primary N) is 1. The van der Waals surface area contributed by atoms with Crippen molar-refractivity contribution in [2.24, 2.45) is 5.73 Å². The van der Waals surface area contributed by atoms with E-state index in [0.717, 1.165) is 36.7 Å². The van der Waals surface area contributed by atoms with E-state index in [1.807, 2.05) is 20.0 Å². The minimum absolute atomic E-state index is 0.00104. The summed E-state index contributed by atoms with van der Waals surface area (Å²) in [5.74, 6) is 1.26. The number of aromatic nitrogens is 2. The average molecular weight is 207 g/mol. The number of hydrogen-bond donors (Lipinski definition) is 1. The standard InChI is InChI=1S/C11H17N3O/c1-7(12)10-5-13-11(14-8(10)2)9-3-4-15-6-9/h5,7,9H,3-4,6,12H2,1-2H3. The Morgan fingerprint density at radius 2 is 2.40 bits per heavy atom. The molecule has 4 nitrogen and oxygen atoms in total. The molecule has 2 N–H and O–H groups in total. The SMILES string of the molecule is Cc1nc(C2CCOC2)ncc1C(C)N. The normalized spacial score (nSPS) is 23.0. The molecule has 15 heavy (non-hydrogen) atoms. The van der Waals surface area contributed by atoms with Crippen molar-refractivity contribution in [1.82, 2.24) is 9.97 Å². The molecule has 2 rings (SSSR count). The van der Waals surface area contributed by atoms with Crippen molar-refractivity contribution in [3.05, 3.63) is 23.3 Å². The van der Waals surface area contributed by atoms with Crippen LogP contribution in [-0.4, -0.2) is 23.2 Å². The predicted molar refractivity (Wildman–Crippen MR) is 57.5 cm³/mol. The lowest BCUT2D eigenvalue weighted by Gasteiger charge is -2.11. The molecule has 0 aromatic carbocycles. The molecule has 1 aliphatic rings. The predicted octanol–water partition coefficient (Wildman–Crippen LogP) is 1.31. The second-order valence-corrected chi connectivity index (χ2v) is 4.12. The van der Waals surface area contributed by atoms with Gasteiger partial charge in [-0.1, -0.05) is 0 Å². The lowest BCUT2D eigenvalue weighted by atomic mass is 10.1. The van der Waals surface area contributed by atoms with E-state index in [1.54, 1.807) is 0 Å².